The summed E-state index contributed by atoms with van der Waals surface area (Å²) in [7, 11) is 0. The van der Waals surface area contributed by atoms with Gasteiger partial charge in [0.05, 0.1) is 10.3 Å². The molecule has 0 spiro atoms. The molecule has 0 heterocycles. The van der Waals surface area contributed by atoms with E-state index in [4.69, 9.17) is 5.11 Å². The monoisotopic (exact) mass is 292 g/mol. The molecule has 112 valence electrons. The average molecular weight is 292 g/mol. The minimum Gasteiger partial charge on any atom is -0.481 e. The third-order valence-electron chi connectivity index (χ3n) is 3.90. The Morgan fingerprint density at radius 1 is 1.29 bits per heavy atom. The number of carbonyl (C=O) groups is 2. The maximum absolute atomic E-state index is 11.8. The zero-order valence-corrected chi connectivity index (χ0v) is 11.4. The van der Waals surface area contributed by atoms with Gasteiger partial charge in [0.1, 0.15) is 0 Å². The van der Waals surface area contributed by atoms with Gasteiger partial charge in [-0.1, -0.05) is 18.6 Å². The van der Waals surface area contributed by atoms with Crippen LogP contribution in [0, 0.1) is 15.5 Å². The van der Waals surface area contributed by atoms with Gasteiger partial charge >= 0.3 is 5.97 Å². The molecule has 0 unspecified atom stereocenters. The summed E-state index contributed by atoms with van der Waals surface area (Å²) in [6.45, 7) is 0.229. The Labute approximate surface area is 121 Å². The second kappa shape index (κ2) is 5.90. The summed E-state index contributed by atoms with van der Waals surface area (Å²) in [5, 5.41) is 22.3. The van der Waals surface area contributed by atoms with E-state index in [1.807, 2.05) is 0 Å². The van der Waals surface area contributed by atoms with E-state index in [1.165, 1.54) is 12.1 Å². The number of nitro groups is 1. The molecule has 1 aromatic carbocycles. The van der Waals surface area contributed by atoms with Crippen molar-refractivity contribution in [3.8, 4) is 0 Å². The van der Waals surface area contributed by atoms with Crippen molar-refractivity contribution < 1.29 is 19.6 Å². The molecular weight excluding hydrogens is 276 g/mol. The van der Waals surface area contributed by atoms with Crippen LogP contribution in [0.4, 0.5) is 5.69 Å². The summed E-state index contributed by atoms with van der Waals surface area (Å²) in [5.41, 5.74) is -0.184. The third-order valence-corrected chi connectivity index (χ3v) is 3.90. The number of amides is 1. The number of aliphatic carboxylic acids is 1. The van der Waals surface area contributed by atoms with Crippen LogP contribution < -0.4 is 5.32 Å². The highest BCUT2D eigenvalue weighted by atomic mass is 16.6. The topological polar surface area (TPSA) is 110 Å². The van der Waals surface area contributed by atoms with Crippen LogP contribution in [0.1, 0.15) is 31.2 Å². The lowest BCUT2D eigenvalue weighted by molar-refractivity contribution is -0.384. The van der Waals surface area contributed by atoms with Crippen molar-refractivity contribution in [2.75, 3.05) is 0 Å². The number of carbonyl (C=O) groups excluding carboxylic acids is 1. The summed E-state index contributed by atoms with van der Waals surface area (Å²) in [5.74, 6) is -1.23. The zero-order valence-electron chi connectivity index (χ0n) is 11.4. The number of carboxylic acid groups (broad SMARTS) is 1. The van der Waals surface area contributed by atoms with E-state index in [2.05, 4.69) is 5.32 Å². The highest BCUT2D eigenvalue weighted by molar-refractivity contribution is 5.85. The van der Waals surface area contributed by atoms with E-state index < -0.39 is 16.3 Å². The van der Waals surface area contributed by atoms with Crippen LogP contribution in [0.25, 0.3) is 0 Å². The van der Waals surface area contributed by atoms with Gasteiger partial charge in [-0.2, -0.15) is 0 Å². The molecule has 0 aromatic heterocycles. The number of hydrogen-bond acceptors (Lipinski definition) is 4. The Kier molecular flexibility index (Phi) is 4.21. The number of rotatable bonds is 6. The van der Waals surface area contributed by atoms with Crippen molar-refractivity contribution in [1.29, 1.82) is 0 Å². The number of carboxylic acids is 1. The summed E-state index contributed by atoms with van der Waals surface area (Å²) in [6.07, 6.45) is 1.89. The van der Waals surface area contributed by atoms with Crippen LogP contribution in [0.3, 0.4) is 0 Å². The zero-order chi connectivity index (χ0) is 15.5. The Bertz CT molecular complexity index is 563. The van der Waals surface area contributed by atoms with E-state index in [0.717, 1.165) is 12.0 Å². The molecule has 0 atom stereocenters. The molecule has 7 heteroatoms. The maximum Gasteiger partial charge on any atom is 0.310 e. The lowest BCUT2D eigenvalue weighted by atomic mass is 9.66. The molecule has 0 radical (unpaired) electrons. The second-order valence-electron chi connectivity index (χ2n) is 5.32. The molecule has 0 aliphatic heterocycles. The Morgan fingerprint density at radius 3 is 2.33 bits per heavy atom. The van der Waals surface area contributed by atoms with Crippen molar-refractivity contribution in [2.45, 2.75) is 32.2 Å². The van der Waals surface area contributed by atoms with Crippen molar-refractivity contribution in [3.63, 3.8) is 0 Å². The van der Waals surface area contributed by atoms with Gasteiger partial charge in [0.25, 0.3) is 5.69 Å². The average Bonchev–Trinajstić information content (AvgIpc) is 2.40. The predicted molar refractivity (Wildman–Crippen MR) is 73.5 cm³/mol. The molecule has 1 fully saturated rings. The van der Waals surface area contributed by atoms with Crippen LogP contribution in [0.5, 0.6) is 0 Å². The number of non-ortho nitro benzene ring substituents is 1. The smallest absolute Gasteiger partial charge is 0.310 e. The molecule has 2 rings (SSSR count). The van der Waals surface area contributed by atoms with Gasteiger partial charge < -0.3 is 10.4 Å². The van der Waals surface area contributed by atoms with Crippen LogP contribution in [0.2, 0.25) is 0 Å². The van der Waals surface area contributed by atoms with Crippen LogP contribution in [-0.4, -0.2) is 21.9 Å². The first-order chi connectivity index (χ1) is 9.93. The lowest BCUT2D eigenvalue weighted by Crippen LogP contribution is -2.42. The van der Waals surface area contributed by atoms with Gasteiger partial charge in [-0.15, -0.1) is 0 Å². The van der Waals surface area contributed by atoms with Gasteiger partial charge in [-0.25, -0.2) is 0 Å². The summed E-state index contributed by atoms with van der Waals surface area (Å²) in [6, 6.07) is 5.86. The molecular formula is C14H16N2O5. The fourth-order valence-electron chi connectivity index (χ4n) is 2.38. The quantitative estimate of drug-likeness (QED) is 0.614. The fraction of sp³-hybridized carbons (Fsp3) is 0.429. The molecule has 1 saturated carbocycles. The van der Waals surface area contributed by atoms with Crippen molar-refractivity contribution in [1.82, 2.24) is 5.32 Å². The first kappa shape index (κ1) is 15.0. The molecule has 1 aliphatic carbocycles. The van der Waals surface area contributed by atoms with Crippen LogP contribution in [-0.2, 0) is 16.1 Å². The molecule has 2 N–H and O–H groups in total. The molecule has 1 aliphatic rings. The highest BCUT2D eigenvalue weighted by Crippen LogP contribution is 2.44. The summed E-state index contributed by atoms with van der Waals surface area (Å²) in [4.78, 5) is 33.0. The minimum absolute atomic E-state index is 0.00984. The van der Waals surface area contributed by atoms with Crippen LogP contribution in [0.15, 0.2) is 24.3 Å². The first-order valence-corrected chi connectivity index (χ1v) is 6.66. The molecule has 21 heavy (non-hydrogen) atoms. The van der Waals surface area contributed by atoms with Crippen molar-refractivity contribution in [2.24, 2.45) is 5.41 Å². The highest BCUT2D eigenvalue weighted by Gasteiger charge is 2.45. The Hall–Kier alpha value is -2.44. The van der Waals surface area contributed by atoms with Gasteiger partial charge in [-0.05, 0) is 18.4 Å². The SMILES string of the molecule is O=C(CC1(C(=O)O)CCC1)NCc1ccc([N+](=O)[O-])cc1. The van der Waals surface area contributed by atoms with E-state index in [1.54, 1.807) is 12.1 Å². The largest absolute Gasteiger partial charge is 0.481 e. The minimum atomic E-state index is -0.917. The van der Waals surface area contributed by atoms with Gasteiger partial charge in [0.2, 0.25) is 5.91 Å². The fourth-order valence-corrected chi connectivity index (χ4v) is 2.38. The third kappa shape index (κ3) is 3.36. The van der Waals surface area contributed by atoms with Crippen LogP contribution >= 0.6 is 0 Å². The molecule has 0 saturated heterocycles. The standard InChI is InChI=1S/C14H16N2O5/c17-12(8-14(13(18)19)6-1-7-14)15-9-10-2-4-11(5-3-10)16(20)21/h2-5H,1,6-9H2,(H,15,17)(H,18,19). The van der Waals surface area contributed by atoms with E-state index in [9.17, 15) is 19.7 Å². The van der Waals surface area contributed by atoms with Gasteiger partial charge in [-0.3, -0.25) is 19.7 Å². The predicted octanol–water partition coefficient (Wildman–Crippen LogP) is 1.86. The molecule has 1 amide bonds. The van der Waals surface area contributed by atoms with Crippen molar-refractivity contribution in [3.05, 3.63) is 39.9 Å². The summed E-state index contributed by atoms with van der Waals surface area (Å²) < 4.78 is 0. The number of nitrogens with one attached hydrogen (secondary N) is 1. The number of nitro benzene ring substituents is 1. The summed E-state index contributed by atoms with van der Waals surface area (Å²) >= 11 is 0. The van der Waals surface area contributed by atoms with E-state index >= 15 is 0 Å². The van der Waals surface area contributed by atoms with E-state index in [0.29, 0.717) is 12.8 Å². The normalized spacial score (nSPS) is 15.8. The lowest BCUT2D eigenvalue weighted by Gasteiger charge is -2.36. The van der Waals surface area contributed by atoms with Gasteiger partial charge in [0, 0.05) is 25.1 Å². The molecule has 1 aromatic rings. The number of hydrogen-bond donors (Lipinski definition) is 2. The van der Waals surface area contributed by atoms with Crippen molar-refractivity contribution >= 4 is 17.6 Å². The molecule has 7 nitrogen and oxygen atoms in total. The Balaban J connectivity index is 1.86. The van der Waals surface area contributed by atoms with Gasteiger partial charge in [0.15, 0.2) is 0 Å². The molecule has 0 bridgehead atoms. The Morgan fingerprint density at radius 2 is 1.90 bits per heavy atom. The van der Waals surface area contributed by atoms with E-state index in [-0.39, 0.29) is 24.6 Å². The first-order valence-electron chi connectivity index (χ1n) is 6.66. The maximum atomic E-state index is 11.8. The second-order valence-corrected chi connectivity index (χ2v) is 5.32. The number of benzene rings is 1. The number of nitrogens with zero attached hydrogens (tertiary/aromatic N) is 1.